The molecule has 0 spiro atoms. The maximum absolute atomic E-state index is 11.4. The Kier molecular flexibility index (Phi) is 5.87. The molecule has 0 unspecified atom stereocenters. The van der Waals surface area contributed by atoms with E-state index in [1.165, 1.54) is 24.8 Å². The number of aliphatic hydroxyl groups excluding tert-OH is 1. The van der Waals surface area contributed by atoms with Crippen molar-refractivity contribution in [1.82, 2.24) is 9.80 Å². The number of aliphatic hydroxyl groups is 1. The number of nitrogens with zero attached hydrogens (tertiary/aromatic N) is 2. The fourth-order valence-corrected chi connectivity index (χ4v) is 4.11. The second kappa shape index (κ2) is 8.10. The summed E-state index contributed by atoms with van der Waals surface area (Å²) in [4.78, 5) is 16.4. The van der Waals surface area contributed by atoms with Crippen LogP contribution in [0.3, 0.4) is 0 Å². The van der Waals surface area contributed by atoms with Crippen LogP contribution in [0.15, 0.2) is 24.3 Å². The van der Waals surface area contributed by atoms with Crippen molar-refractivity contribution in [2.45, 2.75) is 51.2 Å². The molecule has 2 N–H and O–H groups in total. The van der Waals surface area contributed by atoms with Crippen molar-refractivity contribution < 1.29 is 9.90 Å². The maximum atomic E-state index is 11.4. The van der Waals surface area contributed by atoms with Crippen molar-refractivity contribution in [3.05, 3.63) is 29.8 Å². The number of benzene rings is 1. The summed E-state index contributed by atoms with van der Waals surface area (Å²) in [7, 11) is 0. The summed E-state index contributed by atoms with van der Waals surface area (Å²) in [5.41, 5.74) is 2.10. The Morgan fingerprint density at radius 2 is 1.88 bits per heavy atom. The van der Waals surface area contributed by atoms with E-state index in [0.717, 1.165) is 38.3 Å². The van der Waals surface area contributed by atoms with Crippen LogP contribution < -0.4 is 5.32 Å². The second-order valence-electron chi connectivity index (χ2n) is 7.08. The fourth-order valence-electron chi connectivity index (χ4n) is 4.11. The number of anilines is 1. The minimum atomic E-state index is -0.0247. The van der Waals surface area contributed by atoms with Crippen LogP contribution in [0.4, 0.5) is 5.69 Å². The second-order valence-corrected chi connectivity index (χ2v) is 7.08. The highest BCUT2D eigenvalue weighted by atomic mass is 16.3. The number of nitrogens with one attached hydrogen (secondary N) is 1. The van der Waals surface area contributed by atoms with Crippen molar-refractivity contribution >= 4 is 11.6 Å². The van der Waals surface area contributed by atoms with Gasteiger partial charge < -0.3 is 10.4 Å². The van der Waals surface area contributed by atoms with Crippen LogP contribution in [0, 0.1) is 0 Å². The fraction of sp³-hybridized carbons (Fsp3) is 0.632. The standard InChI is InChI=1S/C19H29N3O2/c1-15(24)20-19-9-3-2-6-16(19)12-21-10-4-7-17(21)13-22-11-5-8-18(22)14-23/h2-3,6,9,17-18,23H,4-5,7-8,10-14H2,1H3,(H,20,24)/t17-,18+/m1/s1. The van der Waals surface area contributed by atoms with Crippen molar-refractivity contribution in [3.63, 3.8) is 0 Å². The van der Waals surface area contributed by atoms with Crippen LogP contribution in [0.25, 0.3) is 0 Å². The highest BCUT2D eigenvalue weighted by Crippen LogP contribution is 2.26. The van der Waals surface area contributed by atoms with E-state index >= 15 is 0 Å². The molecule has 2 aliphatic heterocycles. The van der Waals surface area contributed by atoms with Crippen LogP contribution in [-0.2, 0) is 11.3 Å². The van der Waals surface area contributed by atoms with E-state index in [1.807, 2.05) is 18.2 Å². The number of carbonyl (C=O) groups is 1. The molecule has 2 saturated heterocycles. The topological polar surface area (TPSA) is 55.8 Å². The van der Waals surface area contributed by atoms with Crippen LogP contribution in [0.2, 0.25) is 0 Å². The van der Waals surface area contributed by atoms with Crippen molar-refractivity contribution in [2.75, 3.05) is 31.6 Å². The molecule has 132 valence electrons. The lowest BCUT2D eigenvalue weighted by atomic mass is 10.1. The normalized spacial score (nSPS) is 25.2. The van der Waals surface area contributed by atoms with Gasteiger partial charge in [0.1, 0.15) is 0 Å². The number of rotatable bonds is 6. The van der Waals surface area contributed by atoms with Crippen molar-refractivity contribution in [3.8, 4) is 0 Å². The van der Waals surface area contributed by atoms with Gasteiger partial charge >= 0.3 is 0 Å². The largest absolute Gasteiger partial charge is 0.395 e. The highest BCUT2D eigenvalue weighted by molar-refractivity contribution is 5.89. The smallest absolute Gasteiger partial charge is 0.221 e. The van der Waals surface area contributed by atoms with Gasteiger partial charge in [-0.2, -0.15) is 0 Å². The molecule has 0 aliphatic carbocycles. The first-order valence-corrected chi connectivity index (χ1v) is 9.12. The van der Waals surface area contributed by atoms with Gasteiger partial charge in [0, 0.05) is 37.8 Å². The van der Waals surface area contributed by atoms with E-state index in [2.05, 4.69) is 21.2 Å². The third-order valence-corrected chi connectivity index (χ3v) is 5.36. The van der Waals surface area contributed by atoms with E-state index in [4.69, 9.17) is 0 Å². The molecular weight excluding hydrogens is 302 g/mol. The van der Waals surface area contributed by atoms with Gasteiger partial charge in [-0.3, -0.25) is 14.6 Å². The molecule has 1 amide bonds. The predicted octanol–water partition coefficient (Wildman–Crippen LogP) is 2.07. The molecule has 1 aromatic rings. The molecule has 0 aromatic heterocycles. The third kappa shape index (κ3) is 4.15. The summed E-state index contributed by atoms with van der Waals surface area (Å²) in [6.45, 7) is 5.97. The van der Waals surface area contributed by atoms with Gasteiger partial charge in [-0.1, -0.05) is 18.2 Å². The number of para-hydroxylation sites is 1. The average Bonchev–Trinajstić information content (AvgIpc) is 3.19. The minimum Gasteiger partial charge on any atom is -0.395 e. The monoisotopic (exact) mass is 331 g/mol. The molecule has 0 saturated carbocycles. The number of hydrogen-bond donors (Lipinski definition) is 2. The number of likely N-dealkylation sites (tertiary alicyclic amines) is 2. The quantitative estimate of drug-likeness (QED) is 0.838. The molecule has 0 radical (unpaired) electrons. The highest BCUT2D eigenvalue weighted by Gasteiger charge is 2.31. The van der Waals surface area contributed by atoms with Gasteiger partial charge in [-0.05, 0) is 50.4 Å². The molecule has 24 heavy (non-hydrogen) atoms. The summed E-state index contributed by atoms with van der Waals surface area (Å²) >= 11 is 0. The van der Waals surface area contributed by atoms with Crippen LogP contribution in [0.1, 0.15) is 38.2 Å². The maximum Gasteiger partial charge on any atom is 0.221 e. The van der Waals surface area contributed by atoms with Crippen molar-refractivity contribution in [1.29, 1.82) is 0 Å². The molecule has 5 heteroatoms. The molecule has 2 heterocycles. The molecule has 2 aliphatic rings. The van der Waals surface area contributed by atoms with Gasteiger partial charge in [-0.15, -0.1) is 0 Å². The van der Waals surface area contributed by atoms with Gasteiger partial charge in [0.25, 0.3) is 0 Å². The lowest BCUT2D eigenvalue weighted by Gasteiger charge is -2.31. The Bertz CT molecular complexity index is 563. The zero-order valence-electron chi connectivity index (χ0n) is 14.6. The van der Waals surface area contributed by atoms with Crippen LogP contribution in [0.5, 0.6) is 0 Å². The Labute approximate surface area is 144 Å². The zero-order chi connectivity index (χ0) is 16.9. The summed E-state index contributed by atoms with van der Waals surface area (Å²) < 4.78 is 0. The average molecular weight is 331 g/mol. The summed E-state index contributed by atoms with van der Waals surface area (Å²) in [5, 5.41) is 12.5. The van der Waals surface area contributed by atoms with Gasteiger partial charge in [0.2, 0.25) is 5.91 Å². The van der Waals surface area contributed by atoms with E-state index in [-0.39, 0.29) is 12.5 Å². The number of amides is 1. The lowest BCUT2D eigenvalue weighted by molar-refractivity contribution is -0.114. The van der Waals surface area contributed by atoms with E-state index in [0.29, 0.717) is 12.1 Å². The third-order valence-electron chi connectivity index (χ3n) is 5.36. The predicted molar refractivity (Wildman–Crippen MR) is 95.9 cm³/mol. The zero-order valence-corrected chi connectivity index (χ0v) is 14.6. The first kappa shape index (κ1) is 17.4. The summed E-state index contributed by atoms with van der Waals surface area (Å²) in [6.07, 6.45) is 4.76. The van der Waals surface area contributed by atoms with Crippen molar-refractivity contribution in [2.24, 2.45) is 0 Å². The van der Waals surface area contributed by atoms with Crippen LogP contribution in [-0.4, -0.2) is 59.1 Å². The number of hydrogen-bond acceptors (Lipinski definition) is 4. The van der Waals surface area contributed by atoms with Gasteiger partial charge in [0.05, 0.1) is 6.61 Å². The van der Waals surface area contributed by atoms with Gasteiger partial charge in [0.15, 0.2) is 0 Å². The lowest BCUT2D eigenvalue weighted by Crippen LogP contribution is -2.43. The van der Waals surface area contributed by atoms with E-state index in [1.54, 1.807) is 6.92 Å². The molecule has 0 bridgehead atoms. The van der Waals surface area contributed by atoms with Crippen LogP contribution >= 0.6 is 0 Å². The SMILES string of the molecule is CC(=O)Nc1ccccc1CN1CCC[C@@H]1CN1CCC[C@H]1CO. The Morgan fingerprint density at radius 1 is 1.17 bits per heavy atom. The summed E-state index contributed by atoms with van der Waals surface area (Å²) in [5.74, 6) is -0.0247. The Balaban J connectivity index is 1.65. The van der Waals surface area contributed by atoms with E-state index in [9.17, 15) is 9.90 Å². The van der Waals surface area contributed by atoms with E-state index < -0.39 is 0 Å². The molecule has 2 atom stereocenters. The van der Waals surface area contributed by atoms with Gasteiger partial charge in [-0.25, -0.2) is 0 Å². The minimum absolute atomic E-state index is 0.0247. The Hall–Kier alpha value is -1.43. The summed E-state index contributed by atoms with van der Waals surface area (Å²) in [6, 6.07) is 8.97. The Morgan fingerprint density at radius 3 is 2.62 bits per heavy atom. The first-order chi connectivity index (χ1) is 11.7. The molecular formula is C19H29N3O2. The molecule has 5 nitrogen and oxygen atoms in total. The first-order valence-electron chi connectivity index (χ1n) is 9.12. The molecule has 1 aromatic carbocycles. The molecule has 2 fully saturated rings. The number of carbonyl (C=O) groups excluding carboxylic acids is 1. The molecule has 3 rings (SSSR count).